The molecule has 0 aromatic carbocycles. The summed E-state index contributed by atoms with van der Waals surface area (Å²) in [6.07, 6.45) is 5.88. The molecule has 0 aromatic rings. The molecular formula is C10H14N2O2. The van der Waals surface area contributed by atoms with Gasteiger partial charge in [0.25, 0.3) is 0 Å². The van der Waals surface area contributed by atoms with Crippen molar-refractivity contribution in [3.8, 4) is 0 Å². The number of Topliss-reactive ketones (excluding diaryl/α,β-unsaturated/α-hetero) is 2. The lowest BCUT2D eigenvalue weighted by molar-refractivity contribution is -0.120. The van der Waals surface area contributed by atoms with Gasteiger partial charge in [-0.05, 0) is 13.8 Å². The van der Waals surface area contributed by atoms with Crippen LogP contribution in [0.5, 0.6) is 0 Å². The lowest BCUT2D eigenvalue weighted by Crippen LogP contribution is -2.51. The van der Waals surface area contributed by atoms with Crippen LogP contribution >= 0.6 is 0 Å². The maximum absolute atomic E-state index is 11.1. The zero-order valence-electron chi connectivity index (χ0n) is 8.28. The third-order valence-corrected chi connectivity index (χ3v) is 2.49. The van der Waals surface area contributed by atoms with Crippen molar-refractivity contribution in [2.24, 2.45) is 11.5 Å². The molecule has 4 heteroatoms. The summed E-state index contributed by atoms with van der Waals surface area (Å²) in [4.78, 5) is 22.3. The Morgan fingerprint density at radius 1 is 0.857 bits per heavy atom. The van der Waals surface area contributed by atoms with Gasteiger partial charge in [-0.1, -0.05) is 24.3 Å². The zero-order chi connectivity index (χ0) is 11.0. The summed E-state index contributed by atoms with van der Waals surface area (Å²) in [5.74, 6) is -0.369. The molecular weight excluding hydrogens is 180 g/mol. The van der Waals surface area contributed by atoms with E-state index in [1.165, 1.54) is 38.2 Å². The van der Waals surface area contributed by atoms with Gasteiger partial charge < -0.3 is 11.5 Å². The minimum atomic E-state index is -1.11. The molecule has 0 fully saturated rings. The van der Waals surface area contributed by atoms with Gasteiger partial charge in [-0.3, -0.25) is 9.59 Å². The summed E-state index contributed by atoms with van der Waals surface area (Å²) in [6, 6.07) is 0. The first-order chi connectivity index (χ1) is 6.30. The Bertz CT molecular complexity index is 296. The zero-order valence-corrected chi connectivity index (χ0v) is 8.28. The molecule has 0 spiro atoms. The molecule has 0 radical (unpaired) electrons. The SMILES string of the molecule is CC(=O)C1(N)C=CC(N)(C(C)=O)C=C1. The summed E-state index contributed by atoms with van der Waals surface area (Å²) in [7, 11) is 0. The average molecular weight is 194 g/mol. The minimum absolute atomic E-state index is 0.185. The topological polar surface area (TPSA) is 86.2 Å². The Morgan fingerprint density at radius 2 is 1.07 bits per heavy atom. The normalized spacial score (nSPS) is 35.7. The molecule has 0 saturated carbocycles. The lowest BCUT2D eigenvalue weighted by atomic mass is 9.82. The first-order valence-electron chi connectivity index (χ1n) is 4.31. The van der Waals surface area contributed by atoms with Gasteiger partial charge in [0.1, 0.15) is 11.1 Å². The summed E-state index contributed by atoms with van der Waals surface area (Å²) >= 11 is 0. The number of hydrogen-bond donors (Lipinski definition) is 2. The van der Waals surface area contributed by atoms with Crippen molar-refractivity contribution in [3.63, 3.8) is 0 Å². The van der Waals surface area contributed by atoms with Crippen LogP contribution in [0.15, 0.2) is 24.3 Å². The second kappa shape index (κ2) is 3.15. The maximum Gasteiger partial charge on any atom is 0.157 e. The van der Waals surface area contributed by atoms with Gasteiger partial charge in [-0.15, -0.1) is 0 Å². The van der Waals surface area contributed by atoms with Crippen LogP contribution in [0.1, 0.15) is 13.8 Å². The average Bonchev–Trinajstić information content (AvgIpc) is 2.10. The van der Waals surface area contributed by atoms with E-state index >= 15 is 0 Å². The molecule has 0 atom stereocenters. The second-order valence-electron chi connectivity index (χ2n) is 3.65. The van der Waals surface area contributed by atoms with E-state index in [0.717, 1.165) is 0 Å². The number of carbonyl (C=O) groups is 2. The maximum atomic E-state index is 11.1. The molecule has 4 nitrogen and oxygen atoms in total. The number of ketones is 2. The van der Waals surface area contributed by atoms with E-state index in [1.54, 1.807) is 0 Å². The number of hydrogen-bond acceptors (Lipinski definition) is 4. The van der Waals surface area contributed by atoms with E-state index in [4.69, 9.17) is 11.5 Å². The predicted molar refractivity (Wildman–Crippen MR) is 53.5 cm³/mol. The van der Waals surface area contributed by atoms with Crippen molar-refractivity contribution in [1.29, 1.82) is 0 Å². The predicted octanol–water partition coefficient (Wildman–Crippen LogP) is -0.315. The molecule has 1 aliphatic rings. The fourth-order valence-corrected chi connectivity index (χ4v) is 1.13. The van der Waals surface area contributed by atoms with E-state index in [1.807, 2.05) is 0 Å². The van der Waals surface area contributed by atoms with Crippen LogP contribution in [-0.2, 0) is 9.59 Å². The quantitative estimate of drug-likeness (QED) is 0.590. The van der Waals surface area contributed by atoms with Crippen LogP contribution in [0, 0.1) is 0 Å². The largest absolute Gasteiger partial charge is 0.313 e. The molecule has 0 amide bonds. The van der Waals surface area contributed by atoms with E-state index < -0.39 is 11.1 Å². The van der Waals surface area contributed by atoms with E-state index in [9.17, 15) is 9.59 Å². The van der Waals surface area contributed by atoms with Crippen LogP contribution in [0.2, 0.25) is 0 Å². The van der Waals surface area contributed by atoms with Gasteiger partial charge in [0.05, 0.1) is 0 Å². The minimum Gasteiger partial charge on any atom is -0.313 e. The molecule has 4 N–H and O–H groups in total. The Kier molecular flexibility index (Phi) is 2.43. The lowest BCUT2D eigenvalue weighted by Gasteiger charge is -2.28. The molecule has 0 saturated heterocycles. The highest BCUT2D eigenvalue weighted by Crippen LogP contribution is 2.19. The molecule has 0 unspecified atom stereocenters. The van der Waals surface area contributed by atoms with E-state index in [2.05, 4.69) is 0 Å². The first kappa shape index (κ1) is 10.8. The number of carbonyl (C=O) groups excluding carboxylic acids is 2. The molecule has 76 valence electrons. The van der Waals surface area contributed by atoms with Crippen LogP contribution in [0.4, 0.5) is 0 Å². The fraction of sp³-hybridized carbons (Fsp3) is 0.400. The fourth-order valence-electron chi connectivity index (χ4n) is 1.13. The summed E-state index contributed by atoms with van der Waals surface area (Å²) in [6.45, 7) is 2.79. The van der Waals surface area contributed by atoms with Crippen molar-refractivity contribution in [3.05, 3.63) is 24.3 Å². The second-order valence-corrected chi connectivity index (χ2v) is 3.65. The van der Waals surface area contributed by atoms with Gasteiger partial charge in [0.15, 0.2) is 11.6 Å². The Balaban J connectivity index is 3.01. The van der Waals surface area contributed by atoms with Crippen molar-refractivity contribution in [2.75, 3.05) is 0 Å². The van der Waals surface area contributed by atoms with Crippen LogP contribution < -0.4 is 11.5 Å². The summed E-state index contributed by atoms with van der Waals surface area (Å²) < 4.78 is 0. The smallest absolute Gasteiger partial charge is 0.157 e. The standard InChI is InChI=1S/C10H14N2O2/c1-7(13)9(11)3-5-10(12,6-4-9)8(2)14/h3-6H,11-12H2,1-2H3. The molecule has 0 aliphatic heterocycles. The first-order valence-corrected chi connectivity index (χ1v) is 4.31. The summed E-state index contributed by atoms with van der Waals surface area (Å²) in [5, 5.41) is 0. The van der Waals surface area contributed by atoms with Gasteiger partial charge in [0, 0.05) is 0 Å². The van der Waals surface area contributed by atoms with Gasteiger partial charge in [-0.25, -0.2) is 0 Å². The third kappa shape index (κ3) is 1.66. The van der Waals surface area contributed by atoms with Crippen molar-refractivity contribution in [2.45, 2.75) is 24.9 Å². The van der Waals surface area contributed by atoms with Crippen molar-refractivity contribution in [1.82, 2.24) is 0 Å². The van der Waals surface area contributed by atoms with Crippen LogP contribution in [0.25, 0.3) is 0 Å². The van der Waals surface area contributed by atoms with Crippen molar-refractivity contribution >= 4 is 11.6 Å². The van der Waals surface area contributed by atoms with Gasteiger partial charge in [0.2, 0.25) is 0 Å². The summed E-state index contributed by atoms with van der Waals surface area (Å²) in [5.41, 5.74) is 9.24. The third-order valence-electron chi connectivity index (χ3n) is 2.49. The van der Waals surface area contributed by atoms with E-state index in [0.29, 0.717) is 0 Å². The van der Waals surface area contributed by atoms with Crippen molar-refractivity contribution < 1.29 is 9.59 Å². The molecule has 14 heavy (non-hydrogen) atoms. The molecule has 1 rings (SSSR count). The Labute approximate surface area is 82.6 Å². The highest BCUT2D eigenvalue weighted by atomic mass is 16.1. The molecule has 0 bridgehead atoms. The number of nitrogens with two attached hydrogens (primary N) is 2. The monoisotopic (exact) mass is 194 g/mol. The van der Waals surface area contributed by atoms with Crippen LogP contribution in [0.3, 0.4) is 0 Å². The highest BCUT2D eigenvalue weighted by molar-refractivity contribution is 5.95. The number of rotatable bonds is 2. The van der Waals surface area contributed by atoms with E-state index in [-0.39, 0.29) is 11.6 Å². The Morgan fingerprint density at radius 3 is 1.21 bits per heavy atom. The molecule has 0 aromatic heterocycles. The highest BCUT2D eigenvalue weighted by Gasteiger charge is 2.34. The van der Waals surface area contributed by atoms with Crippen LogP contribution in [-0.4, -0.2) is 22.6 Å². The molecule has 1 aliphatic carbocycles. The Hall–Kier alpha value is -1.26. The van der Waals surface area contributed by atoms with Gasteiger partial charge >= 0.3 is 0 Å². The molecule has 0 heterocycles. The van der Waals surface area contributed by atoms with Gasteiger partial charge in [-0.2, -0.15) is 0 Å².